The Hall–Kier alpha value is -1.75. The lowest BCUT2D eigenvalue weighted by atomic mass is 9.74. The first-order valence-corrected chi connectivity index (χ1v) is 7.09. The molecule has 1 amide bonds. The first-order valence-electron chi connectivity index (χ1n) is 7.09. The molecule has 0 radical (unpaired) electrons. The Labute approximate surface area is 115 Å². The van der Waals surface area contributed by atoms with Crippen molar-refractivity contribution in [2.45, 2.75) is 39.0 Å². The number of carbonyl (C=O) groups excluding carboxylic acids is 1. The topological polar surface area (TPSA) is 29.1 Å². The van der Waals surface area contributed by atoms with Gasteiger partial charge in [-0.05, 0) is 37.8 Å². The lowest BCUT2D eigenvalue weighted by Gasteiger charge is -2.34. The number of amides is 1. The Morgan fingerprint density at radius 2 is 2.11 bits per heavy atom. The maximum atomic E-state index is 12.1. The number of hydrogen-bond donors (Lipinski definition) is 1. The van der Waals surface area contributed by atoms with Gasteiger partial charge in [0.25, 0.3) is 0 Å². The smallest absolute Gasteiger partial charge is 0.226 e. The molecule has 2 rings (SSSR count). The fourth-order valence-electron chi connectivity index (χ4n) is 2.67. The number of hydrogen-bond acceptors (Lipinski definition) is 1. The van der Waals surface area contributed by atoms with Gasteiger partial charge < -0.3 is 5.32 Å². The zero-order chi connectivity index (χ0) is 13.6. The molecule has 0 saturated carbocycles. The van der Waals surface area contributed by atoms with Gasteiger partial charge in [0, 0.05) is 23.9 Å². The highest BCUT2D eigenvalue weighted by molar-refractivity contribution is 5.83. The summed E-state index contributed by atoms with van der Waals surface area (Å²) in [5.41, 5.74) is 0.866. The molecule has 100 valence electrons. The van der Waals surface area contributed by atoms with Crippen LogP contribution < -0.4 is 5.32 Å². The van der Waals surface area contributed by atoms with E-state index in [9.17, 15) is 4.79 Å². The molecule has 1 aromatic carbocycles. The molecule has 1 saturated heterocycles. The third-order valence-corrected chi connectivity index (χ3v) is 4.01. The molecule has 0 bridgehead atoms. The second-order valence-corrected chi connectivity index (χ2v) is 5.16. The van der Waals surface area contributed by atoms with Gasteiger partial charge in [0.15, 0.2) is 0 Å². The second-order valence-electron chi connectivity index (χ2n) is 5.16. The number of rotatable bonds is 3. The molecule has 1 aliphatic rings. The van der Waals surface area contributed by atoms with Crippen molar-refractivity contribution in [2.24, 2.45) is 5.41 Å². The minimum atomic E-state index is -0.177. The van der Waals surface area contributed by atoms with Gasteiger partial charge in [-0.25, -0.2) is 0 Å². The van der Waals surface area contributed by atoms with Crippen molar-refractivity contribution in [1.29, 1.82) is 0 Å². The highest BCUT2D eigenvalue weighted by Crippen LogP contribution is 2.35. The van der Waals surface area contributed by atoms with E-state index >= 15 is 0 Å². The highest BCUT2D eigenvalue weighted by atomic mass is 16.2. The number of nitrogens with one attached hydrogen (secondary N) is 1. The number of carbonyl (C=O) groups is 1. The van der Waals surface area contributed by atoms with E-state index in [0.717, 1.165) is 44.2 Å². The Kier molecular flexibility index (Phi) is 4.63. The second kappa shape index (κ2) is 6.43. The van der Waals surface area contributed by atoms with Crippen molar-refractivity contribution < 1.29 is 4.79 Å². The minimum absolute atomic E-state index is 0.177. The summed E-state index contributed by atoms with van der Waals surface area (Å²) < 4.78 is 0. The van der Waals surface area contributed by atoms with Crippen molar-refractivity contribution in [3.63, 3.8) is 0 Å². The summed E-state index contributed by atoms with van der Waals surface area (Å²) in [5.74, 6) is 6.58. The van der Waals surface area contributed by atoms with Gasteiger partial charge in [0.2, 0.25) is 5.91 Å². The van der Waals surface area contributed by atoms with E-state index in [-0.39, 0.29) is 11.3 Å². The van der Waals surface area contributed by atoms with E-state index < -0.39 is 0 Å². The van der Waals surface area contributed by atoms with Crippen molar-refractivity contribution in [3.8, 4) is 11.8 Å². The van der Waals surface area contributed by atoms with Crippen molar-refractivity contribution >= 4 is 5.91 Å². The predicted molar refractivity (Wildman–Crippen MR) is 77.5 cm³/mol. The SMILES string of the molecule is CCC1(CCC#Cc2ccccc2)CCCNC1=O. The van der Waals surface area contributed by atoms with E-state index in [2.05, 4.69) is 24.1 Å². The van der Waals surface area contributed by atoms with Gasteiger partial charge >= 0.3 is 0 Å². The first kappa shape index (κ1) is 13.7. The van der Waals surface area contributed by atoms with E-state index in [1.54, 1.807) is 0 Å². The van der Waals surface area contributed by atoms with Gasteiger partial charge in [0.05, 0.1) is 0 Å². The third-order valence-electron chi connectivity index (χ3n) is 4.01. The number of benzene rings is 1. The van der Waals surface area contributed by atoms with Gasteiger partial charge in [-0.2, -0.15) is 0 Å². The largest absolute Gasteiger partial charge is 0.356 e. The fraction of sp³-hybridized carbons (Fsp3) is 0.471. The molecule has 0 spiro atoms. The predicted octanol–water partition coefficient (Wildman–Crippen LogP) is 3.12. The highest BCUT2D eigenvalue weighted by Gasteiger charge is 2.37. The monoisotopic (exact) mass is 255 g/mol. The van der Waals surface area contributed by atoms with Crippen LogP contribution in [0.3, 0.4) is 0 Å². The quantitative estimate of drug-likeness (QED) is 0.826. The molecule has 19 heavy (non-hydrogen) atoms. The molecule has 0 aromatic heterocycles. The first-order chi connectivity index (χ1) is 9.27. The van der Waals surface area contributed by atoms with Crippen LogP contribution in [0.2, 0.25) is 0 Å². The van der Waals surface area contributed by atoms with Crippen LogP contribution >= 0.6 is 0 Å². The third kappa shape index (κ3) is 3.38. The van der Waals surface area contributed by atoms with Crippen LogP contribution in [0.15, 0.2) is 30.3 Å². The van der Waals surface area contributed by atoms with Gasteiger partial charge in [-0.3, -0.25) is 4.79 Å². The zero-order valence-corrected chi connectivity index (χ0v) is 11.5. The average Bonchev–Trinajstić information content (AvgIpc) is 2.47. The molecule has 1 heterocycles. The van der Waals surface area contributed by atoms with Gasteiger partial charge in [0.1, 0.15) is 0 Å². The molecule has 1 unspecified atom stereocenters. The van der Waals surface area contributed by atoms with Crippen LogP contribution in [-0.2, 0) is 4.79 Å². The van der Waals surface area contributed by atoms with E-state index in [0.29, 0.717) is 0 Å². The van der Waals surface area contributed by atoms with Gasteiger partial charge in [-0.1, -0.05) is 37.0 Å². The molecule has 2 heteroatoms. The molecule has 1 aromatic rings. The Morgan fingerprint density at radius 1 is 1.32 bits per heavy atom. The van der Waals surface area contributed by atoms with Crippen molar-refractivity contribution in [2.75, 3.05) is 6.54 Å². The van der Waals surface area contributed by atoms with E-state index in [1.807, 2.05) is 30.3 Å². The lowest BCUT2D eigenvalue weighted by Crippen LogP contribution is -2.45. The molecule has 1 atom stereocenters. The zero-order valence-electron chi connectivity index (χ0n) is 11.5. The summed E-state index contributed by atoms with van der Waals surface area (Å²) in [7, 11) is 0. The normalized spacial score (nSPS) is 22.3. The summed E-state index contributed by atoms with van der Waals surface area (Å²) in [4.78, 5) is 12.1. The van der Waals surface area contributed by atoms with Crippen LogP contribution in [0.25, 0.3) is 0 Å². The van der Waals surface area contributed by atoms with Crippen LogP contribution in [0.1, 0.15) is 44.6 Å². The summed E-state index contributed by atoms with van der Waals surface area (Å²) >= 11 is 0. The van der Waals surface area contributed by atoms with Crippen molar-refractivity contribution in [3.05, 3.63) is 35.9 Å². The molecule has 1 N–H and O–H groups in total. The summed E-state index contributed by atoms with van der Waals surface area (Å²) in [6.45, 7) is 2.94. The minimum Gasteiger partial charge on any atom is -0.356 e. The van der Waals surface area contributed by atoms with Crippen LogP contribution in [0.4, 0.5) is 0 Å². The van der Waals surface area contributed by atoms with Crippen molar-refractivity contribution in [1.82, 2.24) is 5.32 Å². The van der Waals surface area contributed by atoms with Gasteiger partial charge in [-0.15, -0.1) is 0 Å². The van der Waals surface area contributed by atoms with E-state index in [4.69, 9.17) is 0 Å². The summed E-state index contributed by atoms with van der Waals surface area (Å²) in [6.07, 6.45) is 4.66. The average molecular weight is 255 g/mol. The van der Waals surface area contributed by atoms with Crippen LogP contribution in [0, 0.1) is 17.3 Å². The molecule has 1 aliphatic heterocycles. The molecule has 1 fully saturated rings. The fourth-order valence-corrected chi connectivity index (χ4v) is 2.67. The molecular weight excluding hydrogens is 234 g/mol. The number of piperidine rings is 1. The maximum absolute atomic E-state index is 12.1. The van der Waals surface area contributed by atoms with Crippen LogP contribution in [-0.4, -0.2) is 12.5 Å². The van der Waals surface area contributed by atoms with E-state index in [1.165, 1.54) is 0 Å². The maximum Gasteiger partial charge on any atom is 0.226 e. The molecule has 0 aliphatic carbocycles. The Balaban J connectivity index is 1.94. The lowest BCUT2D eigenvalue weighted by molar-refractivity contribution is -0.134. The Bertz CT molecular complexity index is 483. The summed E-state index contributed by atoms with van der Waals surface area (Å²) in [5, 5.41) is 3.00. The van der Waals surface area contributed by atoms with Crippen LogP contribution in [0.5, 0.6) is 0 Å². The standard InChI is InChI=1S/C17H21NO/c1-2-17(13-8-14-18-16(17)19)12-7-6-11-15-9-4-3-5-10-15/h3-5,9-10H,2,7-8,12-14H2,1H3,(H,18,19). The summed E-state index contributed by atoms with van der Waals surface area (Å²) in [6, 6.07) is 9.99. The molecular formula is C17H21NO. The molecule has 2 nitrogen and oxygen atoms in total. The Morgan fingerprint density at radius 3 is 2.79 bits per heavy atom.